The van der Waals surface area contributed by atoms with Crippen molar-refractivity contribution < 1.29 is 9.50 Å². The topological polar surface area (TPSA) is 50.9 Å². The van der Waals surface area contributed by atoms with Gasteiger partial charge in [-0.25, -0.2) is 4.39 Å². The van der Waals surface area contributed by atoms with Gasteiger partial charge in [0, 0.05) is 34.8 Å². The first-order valence-electron chi connectivity index (χ1n) is 9.68. The molecule has 0 spiro atoms. The molecule has 4 nitrogen and oxygen atoms in total. The molecule has 2 aromatic rings. The minimum absolute atomic E-state index is 0.120. The number of phenols is 1. The molecule has 0 aromatic heterocycles. The highest BCUT2D eigenvalue weighted by Gasteiger charge is 2.26. The summed E-state index contributed by atoms with van der Waals surface area (Å²) in [5.74, 6) is 2.12. The van der Waals surface area contributed by atoms with Crippen molar-refractivity contribution in [2.75, 3.05) is 0 Å². The van der Waals surface area contributed by atoms with E-state index in [1.807, 2.05) is 14.0 Å². The second-order valence-electron chi connectivity index (χ2n) is 7.21. The van der Waals surface area contributed by atoms with Gasteiger partial charge in [-0.15, -0.1) is 11.5 Å². The highest BCUT2D eigenvalue weighted by atomic mass is 19.1. The number of aromatic hydroxyl groups is 1. The van der Waals surface area contributed by atoms with Gasteiger partial charge in [-0.1, -0.05) is 25.8 Å². The van der Waals surface area contributed by atoms with Gasteiger partial charge in [0.1, 0.15) is 17.3 Å². The first kappa shape index (κ1) is 18.9. The number of fused-ring (bicyclic) bond motifs is 2. The third-order valence-electron chi connectivity index (χ3n) is 5.67. The van der Waals surface area contributed by atoms with Gasteiger partial charge >= 0.3 is 0 Å². The maximum atomic E-state index is 14.3. The predicted molar refractivity (Wildman–Crippen MR) is 114 cm³/mol. The molecule has 2 heterocycles. The Morgan fingerprint density at radius 3 is 2.59 bits per heavy atom. The minimum Gasteiger partial charge on any atom is -0.507 e. The van der Waals surface area contributed by atoms with E-state index < -0.39 is 5.82 Å². The number of pyridine rings is 1. The second-order valence-corrected chi connectivity index (χ2v) is 7.21. The Kier molecular flexibility index (Phi) is 4.50. The van der Waals surface area contributed by atoms with Crippen molar-refractivity contribution in [3.63, 3.8) is 0 Å². The number of benzene rings is 2. The number of halogens is 1. The van der Waals surface area contributed by atoms with Crippen LogP contribution in [0, 0.1) is 25.1 Å². The first-order chi connectivity index (χ1) is 13.9. The van der Waals surface area contributed by atoms with E-state index in [2.05, 4.69) is 34.5 Å². The van der Waals surface area contributed by atoms with Crippen molar-refractivity contribution in [3.8, 4) is 40.6 Å². The summed E-state index contributed by atoms with van der Waals surface area (Å²) in [6, 6.07) is 6.38. The van der Waals surface area contributed by atoms with Gasteiger partial charge in [-0.3, -0.25) is 0 Å². The van der Waals surface area contributed by atoms with Gasteiger partial charge in [0.05, 0.1) is 17.0 Å². The predicted octanol–water partition coefficient (Wildman–Crippen LogP) is 5.00. The third-order valence-corrected chi connectivity index (χ3v) is 5.67. The van der Waals surface area contributed by atoms with E-state index in [1.54, 1.807) is 18.2 Å². The minimum atomic E-state index is -0.445. The van der Waals surface area contributed by atoms with E-state index in [0.29, 0.717) is 22.8 Å². The molecule has 0 fully saturated rings. The molecule has 5 heteroatoms. The molecule has 0 atom stereocenters. The highest BCUT2D eigenvalue weighted by Crippen LogP contribution is 2.42. The van der Waals surface area contributed by atoms with Crippen LogP contribution in [0.3, 0.4) is 0 Å². The Hall–Kier alpha value is -3.39. The van der Waals surface area contributed by atoms with Crippen LogP contribution in [-0.2, 0) is 19.9 Å². The monoisotopic (exact) mass is 387 g/mol. The molecule has 1 N–H and O–H groups in total. The molecule has 0 saturated carbocycles. The molecular formula is C24H22FN3O. The zero-order valence-corrected chi connectivity index (χ0v) is 17.0. The lowest BCUT2D eigenvalue weighted by molar-refractivity contribution is 0.477. The van der Waals surface area contributed by atoms with E-state index in [9.17, 15) is 9.50 Å². The lowest BCUT2D eigenvalue weighted by Gasteiger charge is -2.23. The Morgan fingerprint density at radius 2 is 1.93 bits per heavy atom. The van der Waals surface area contributed by atoms with Crippen LogP contribution in [0.4, 0.5) is 4.39 Å². The lowest BCUT2D eigenvalue weighted by atomic mass is 9.91. The maximum absolute atomic E-state index is 14.3. The largest absolute Gasteiger partial charge is 0.507 e. The Labute approximate surface area is 169 Å². The summed E-state index contributed by atoms with van der Waals surface area (Å²) in [6.45, 7) is 6.10. The summed E-state index contributed by atoms with van der Waals surface area (Å²) in [4.78, 5) is 0. The van der Waals surface area contributed by atoms with Gasteiger partial charge in [-0.2, -0.15) is 5.10 Å². The summed E-state index contributed by atoms with van der Waals surface area (Å²) in [5.41, 5.74) is 6.55. The zero-order valence-electron chi connectivity index (χ0n) is 17.0. The molecule has 0 aliphatic carbocycles. The average molecular weight is 387 g/mol. The molecule has 0 amide bonds. The highest BCUT2D eigenvalue weighted by molar-refractivity contribution is 5.95. The smallest absolute Gasteiger partial charge is 0.139 e. The van der Waals surface area contributed by atoms with E-state index in [4.69, 9.17) is 6.42 Å². The number of hydrogen-bond donors (Lipinski definition) is 1. The van der Waals surface area contributed by atoms with E-state index in [0.717, 1.165) is 40.3 Å². The van der Waals surface area contributed by atoms with Crippen LogP contribution < -0.4 is 0 Å². The summed E-state index contributed by atoms with van der Waals surface area (Å²) in [6.07, 6.45) is 7.08. The molecule has 0 radical (unpaired) electrons. The normalized spacial score (nSPS) is 11.3. The van der Waals surface area contributed by atoms with Gasteiger partial charge in [-0.05, 0) is 43.4 Å². The fourth-order valence-corrected chi connectivity index (χ4v) is 4.33. The molecule has 2 aliphatic heterocycles. The fourth-order valence-electron chi connectivity index (χ4n) is 4.33. The van der Waals surface area contributed by atoms with Crippen molar-refractivity contribution in [1.82, 2.24) is 14.8 Å². The van der Waals surface area contributed by atoms with Crippen LogP contribution in [0.2, 0.25) is 0 Å². The van der Waals surface area contributed by atoms with Gasteiger partial charge in [0.15, 0.2) is 0 Å². The number of nitrogens with zero attached hydrogens (tertiary/aromatic N) is 3. The van der Waals surface area contributed by atoms with Crippen molar-refractivity contribution in [1.29, 1.82) is 0 Å². The number of terminal acetylenes is 1. The molecule has 146 valence electrons. The van der Waals surface area contributed by atoms with Crippen LogP contribution in [0.15, 0.2) is 24.3 Å². The van der Waals surface area contributed by atoms with Crippen molar-refractivity contribution in [3.05, 3.63) is 52.6 Å². The molecule has 2 aliphatic rings. The van der Waals surface area contributed by atoms with Gasteiger partial charge < -0.3 is 9.67 Å². The van der Waals surface area contributed by atoms with Crippen LogP contribution >= 0.6 is 0 Å². The Balaban J connectivity index is 2.17. The average Bonchev–Trinajstić information content (AvgIpc) is 3.08. The van der Waals surface area contributed by atoms with Crippen LogP contribution in [0.25, 0.3) is 33.3 Å². The summed E-state index contributed by atoms with van der Waals surface area (Å²) < 4.78 is 16.4. The number of phenolic OH excluding ortho intramolecular Hbond substituents is 1. The van der Waals surface area contributed by atoms with Crippen molar-refractivity contribution >= 4 is 10.8 Å². The lowest BCUT2D eigenvalue weighted by Crippen LogP contribution is -2.12. The van der Waals surface area contributed by atoms with Crippen molar-refractivity contribution in [2.45, 2.75) is 33.6 Å². The summed E-state index contributed by atoms with van der Waals surface area (Å²) >= 11 is 0. The Morgan fingerprint density at radius 1 is 1.17 bits per heavy atom. The second kappa shape index (κ2) is 6.89. The Bertz CT molecular complexity index is 1280. The fraction of sp³-hybridized carbons (Fsp3) is 0.250. The number of aromatic nitrogens is 3. The maximum Gasteiger partial charge on any atom is 0.139 e. The number of hydrogen-bond acceptors (Lipinski definition) is 3. The van der Waals surface area contributed by atoms with Crippen LogP contribution in [0.5, 0.6) is 5.75 Å². The van der Waals surface area contributed by atoms with Gasteiger partial charge in [0.2, 0.25) is 0 Å². The molecule has 0 saturated heterocycles. The summed E-state index contributed by atoms with van der Waals surface area (Å²) in [5, 5.41) is 20.9. The number of rotatable bonds is 3. The van der Waals surface area contributed by atoms with Crippen molar-refractivity contribution in [2.24, 2.45) is 7.05 Å². The molecular weight excluding hydrogens is 365 g/mol. The molecule has 29 heavy (non-hydrogen) atoms. The van der Waals surface area contributed by atoms with Gasteiger partial charge in [0.25, 0.3) is 0 Å². The molecule has 0 bridgehead atoms. The molecule has 0 unspecified atom stereocenters. The summed E-state index contributed by atoms with van der Waals surface area (Å²) in [7, 11) is 1.98. The SMILES string of the molecule is C#Cc1c(F)ccc2cc(O)c(-c3c(CC)c4nnc(C)c-4c(CC)n3C)cc12. The molecule has 4 rings (SSSR count). The quantitative estimate of drug-likeness (QED) is 0.503. The zero-order chi connectivity index (χ0) is 20.9. The van der Waals surface area contributed by atoms with E-state index in [-0.39, 0.29) is 11.3 Å². The standard InChI is InChI=1S/C24H22FN3O/c1-6-15-17-12-18(21(29)11-14(17)9-10-19(15)25)24-16(7-2)23-22(13(4)26-27-23)20(8-3)28(24)5/h1,9-12,29H,7-8H2,2-5H3. The molecule has 2 aromatic carbocycles. The van der Waals surface area contributed by atoms with E-state index >= 15 is 0 Å². The van der Waals surface area contributed by atoms with Crippen LogP contribution in [-0.4, -0.2) is 19.9 Å². The van der Waals surface area contributed by atoms with Crippen LogP contribution in [0.1, 0.15) is 36.4 Å². The first-order valence-corrected chi connectivity index (χ1v) is 9.68. The third kappa shape index (κ3) is 2.67. The number of aryl methyl sites for hydroxylation is 1. The van der Waals surface area contributed by atoms with E-state index in [1.165, 1.54) is 6.07 Å².